The molecule has 1 saturated carbocycles. The van der Waals surface area contributed by atoms with Gasteiger partial charge in [0.2, 0.25) is 5.91 Å². The lowest BCUT2D eigenvalue weighted by Crippen LogP contribution is -2.19. The minimum absolute atomic E-state index is 0.0559. The molecule has 2 fully saturated rings. The Labute approximate surface area is 193 Å². The normalized spacial score (nSPS) is 16.9. The molecule has 170 valence electrons. The number of nitrogens with one attached hydrogen (secondary N) is 3. The third-order valence-corrected chi connectivity index (χ3v) is 5.77. The molecule has 11 heteroatoms. The molecule has 34 heavy (non-hydrogen) atoms. The van der Waals surface area contributed by atoms with Crippen LogP contribution in [0.1, 0.15) is 30.4 Å². The third-order valence-electron chi connectivity index (χ3n) is 5.77. The van der Waals surface area contributed by atoms with Gasteiger partial charge < -0.3 is 10.6 Å². The average molecular weight is 455 g/mol. The van der Waals surface area contributed by atoms with E-state index in [1.807, 2.05) is 30.3 Å². The van der Waals surface area contributed by atoms with E-state index in [1.165, 1.54) is 6.33 Å². The standard InChI is InChI=1S/C23H21N9O2/c33-21-8-15(23(34)30-21)7-16-11-26-32-20(28-17-5-6-17)9-19(29-22(16)32)25-10-14-3-1-2-4-18(14)31-13-24-12-27-31/h1-4,7,9,11-13,17,28H,5-6,8,10H2,(H,25,29)(H,30,33,34)/b15-7+. The average Bonchev–Trinajstić information content (AvgIpc) is 3.20. The number of benzene rings is 1. The van der Waals surface area contributed by atoms with Crippen LogP contribution in [-0.4, -0.2) is 47.2 Å². The topological polar surface area (TPSA) is 131 Å². The first-order valence-corrected chi connectivity index (χ1v) is 11.0. The lowest BCUT2D eigenvalue weighted by molar-refractivity contribution is -0.124. The first-order valence-electron chi connectivity index (χ1n) is 11.0. The molecule has 0 unspecified atom stereocenters. The van der Waals surface area contributed by atoms with Crippen molar-refractivity contribution in [3.63, 3.8) is 0 Å². The Morgan fingerprint density at radius 3 is 2.82 bits per heavy atom. The van der Waals surface area contributed by atoms with Gasteiger partial charge in [-0.3, -0.25) is 14.9 Å². The molecule has 11 nitrogen and oxygen atoms in total. The highest BCUT2D eigenvalue weighted by molar-refractivity contribution is 6.15. The minimum atomic E-state index is -0.375. The van der Waals surface area contributed by atoms with Crippen LogP contribution in [0.15, 0.2) is 54.8 Å². The summed E-state index contributed by atoms with van der Waals surface area (Å²) >= 11 is 0. The van der Waals surface area contributed by atoms with Gasteiger partial charge in [0.05, 0.1) is 18.3 Å². The van der Waals surface area contributed by atoms with E-state index < -0.39 is 0 Å². The van der Waals surface area contributed by atoms with Crippen LogP contribution >= 0.6 is 0 Å². The second-order valence-electron chi connectivity index (χ2n) is 8.33. The molecule has 6 rings (SSSR count). The Morgan fingerprint density at radius 1 is 1.18 bits per heavy atom. The molecule has 1 aliphatic heterocycles. The van der Waals surface area contributed by atoms with Crippen molar-refractivity contribution in [1.29, 1.82) is 0 Å². The number of para-hydroxylation sites is 1. The molecule has 1 aliphatic carbocycles. The van der Waals surface area contributed by atoms with Crippen LogP contribution in [0.5, 0.6) is 0 Å². The summed E-state index contributed by atoms with van der Waals surface area (Å²) in [6.45, 7) is 0.517. The Morgan fingerprint density at radius 2 is 2.06 bits per heavy atom. The first kappa shape index (κ1) is 20.1. The van der Waals surface area contributed by atoms with E-state index in [9.17, 15) is 9.59 Å². The number of carbonyl (C=O) groups excluding carboxylic acids is 2. The highest BCUT2D eigenvalue weighted by atomic mass is 16.2. The van der Waals surface area contributed by atoms with Crippen molar-refractivity contribution in [2.24, 2.45) is 0 Å². The maximum atomic E-state index is 12.0. The number of hydrogen-bond acceptors (Lipinski definition) is 8. The first-order chi connectivity index (χ1) is 16.6. The Kier molecular flexibility index (Phi) is 4.79. The van der Waals surface area contributed by atoms with Gasteiger partial charge in [0.1, 0.15) is 24.3 Å². The van der Waals surface area contributed by atoms with Crippen LogP contribution in [0.2, 0.25) is 0 Å². The lowest BCUT2D eigenvalue weighted by atomic mass is 10.1. The summed E-state index contributed by atoms with van der Waals surface area (Å²) in [6.07, 6.45) is 8.78. The van der Waals surface area contributed by atoms with Gasteiger partial charge in [0, 0.05) is 29.8 Å². The molecule has 4 heterocycles. The number of nitrogens with zero attached hydrogens (tertiary/aromatic N) is 6. The van der Waals surface area contributed by atoms with Crippen LogP contribution in [-0.2, 0) is 16.1 Å². The van der Waals surface area contributed by atoms with E-state index in [2.05, 4.69) is 31.1 Å². The number of fused-ring (bicyclic) bond motifs is 1. The summed E-state index contributed by atoms with van der Waals surface area (Å²) in [5.41, 5.74) is 3.63. The van der Waals surface area contributed by atoms with E-state index in [0.29, 0.717) is 35.2 Å². The Hall–Kier alpha value is -4.54. The summed E-state index contributed by atoms with van der Waals surface area (Å²) in [4.78, 5) is 32.4. The van der Waals surface area contributed by atoms with Gasteiger partial charge in [0.15, 0.2) is 5.65 Å². The SMILES string of the molecule is O=C1C/C(=C\c2cnn3c(NC4CC4)cc(NCc4ccccc4-n4cncn4)nc23)C(=O)N1. The molecule has 1 aromatic carbocycles. The van der Waals surface area contributed by atoms with E-state index in [4.69, 9.17) is 4.98 Å². The predicted molar refractivity (Wildman–Crippen MR) is 124 cm³/mol. The zero-order valence-electron chi connectivity index (χ0n) is 18.1. The van der Waals surface area contributed by atoms with Crippen LogP contribution in [0, 0.1) is 0 Å². The van der Waals surface area contributed by atoms with Gasteiger partial charge in [-0.1, -0.05) is 18.2 Å². The quantitative estimate of drug-likeness (QED) is 0.285. The molecule has 3 aromatic heterocycles. The smallest absolute Gasteiger partial charge is 0.254 e. The van der Waals surface area contributed by atoms with Crippen LogP contribution in [0.4, 0.5) is 11.6 Å². The molecule has 0 bridgehead atoms. The second kappa shape index (κ2) is 8.10. The maximum Gasteiger partial charge on any atom is 0.254 e. The molecule has 0 spiro atoms. The highest BCUT2D eigenvalue weighted by Gasteiger charge is 2.25. The van der Waals surface area contributed by atoms with E-state index in [1.54, 1.807) is 27.8 Å². The summed E-state index contributed by atoms with van der Waals surface area (Å²) in [6, 6.07) is 10.3. The largest absolute Gasteiger partial charge is 0.367 e. The molecule has 0 atom stereocenters. The van der Waals surface area contributed by atoms with Gasteiger partial charge in [-0.25, -0.2) is 14.6 Å². The van der Waals surface area contributed by atoms with Gasteiger partial charge >= 0.3 is 0 Å². The van der Waals surface area contributed by atoms with Crippen LogP contribution in [0.25, 0.3) is 17.4 Å². The monoisotopic (exact) mass is 455 g/mol. The number of anilines is 2. The number of imide groups is 1. The van der Waals surface area contributed by atoms with Crippen molar-refractivity contribution in [2.45, 2.75) is 31.8 Å². The molecule has 3 N–H and O–H groups in total. The van der Waals surface area contributed by atoms with Gasteiger partial charge in [-0.15, -0.1) is 0 Å². The third kappa shape index (κ3) is 3.87. The highest BCUT2D eigenvalue weighted by Crippen LogP contribution is 2.28. The summed E-state index contributed by atoms with van der Waals surface area (Å²) in [5, 5.41) is 17.9. The fraction of sp³-hybridized carbons (Fsp3) is 0.217. The Bertz CT molecular complexity index is 1430. The van der Waals surface area contributed by atoms with Crippen molar-refractivity contribution in [3.05, 3.63) is 65.9 Å². The van der Waals surface area contributed by atoms with Crippen LogP contribution in [0.3, 0.4) is 0 Å². The van der Waals surface area contributed by atoms with E-state index >= 15 is 0 Å². The molecule has 2 aliphatic rings. The van der Waals surface area contributed by atoms with Crippen molar-refractivity contribution in [1.82, 2.24) is 34.7 Å². The molecule has 0 radical (unpaired) electrons. The predicted octanol–water partition coefficient (Wildman–Crippen LogP) is 1.93. The fourth-order valence-electron chi connectivity index (χ4n) is 3.92. The minimum Gasteiger partial charge on any atom is -0.367 e. The fourth-order valence-corrected chi connectivity index (χ4v) is 3.92. The second-order valence-corrected chi connectivity index (χ2v) is 8.33. The number of hydrogen-bond donors (Lipinski definition) is 3. The molecular formula is C23H21N9O2. The lowest BCUT2D eigenvalue weighted by Gasteiger charge is -2.13. The number of aromatic nitrogens is 6. The molecule has 1 saturated heterocycles. The number of carbonyl (C=O) groups is 2. The van der Waals surface area contributed by atoms with Crippen molar-refractivity contribution >= 4 is 35.2 Å². The zero-order chi connectivity index (χ0) is 23.1. The summed E-state index contributed by atoms with van der Waals surface area (Å²) < 4.78 is 3.46. The molecule has 2 amide bonds. The van der Waals surface area contributed by atoms with Crippen molar-refractivity contribution in [3.8, 4) is 5.69 Å². The maximum absolute atomic E-state index is 12.0. The van der Waals surface area contributed by atoms with Crippen molar-refractivity contribution in [2.75, 3.05) is 10.6 Å². The van der Waals surface area contributed by atoms with Gasteiger partial charge in [-0.05, 0) is 30.5 Å². The van der Waals surface area contributed by atoms with E-state index in [-0.39, 0.29) is 18.2 Å². The number of amides is 2. The molecule has 4 aromatic rings. The van der Waals surface area contributed by atoms with Crippen LogP contribution < -0.4 is 16.0 Å². The van der Waals surface area contributed by atoms with Gasteiger partial charge in [-0.2, -0.15) is 14.7 Å². The zero-order valence-corrected chi connectivity index (χ0v) is 18.1. The van der Waals surface area contributed by atoms with E-state index in [0.717, 1.165) is 29.9 Å². The number of rotatable bonds is 7. The van der Waals surface area contributed by atoms with Crippen molar-refractivity contribution < 1.29 is 9.59 Å². The van der Waals surface area contributed by atoms with Gasteiger partial charge in [0.25, 0.3) is 5.91 Å². The summed E-state index contributed by atoms with van der Waals surface area (Å²) in [7, 11) is 0. The summed E-state index contributed by atoms with van der Waals surface area (Å²) in [5.74, 6) is 0.803. The Balaban J connectivity index is 1.34. The molecular weight excluding hydrogens is 434 g/mol.